The molecular formula is C14H19FN2O. The molecular weight excluding hydrogens is 231 g/mol. The van der Waals surface area contributed by atoms with Gasteiger partial charge in [-0.25, -0.2) is 4.39 Å². The number of carbonyl (C=O) groups is 1. The van der Waals surface area contributed by atoms with E-state index < -0.39 is 5.82 Å². The summed E-state index contributed by atoms with van der Waals surface area (Å²) < 4.78 is 13.4. The van der Waals surface area contributed by atoms with Gasteiger partial charge in [-0.15, -0.1) is 0 Å². The lowest BCUT2D eigenvalue weighted by Gasteiger charge is -2.22. The third kappa shape index (κ3) is 3.62. The van der Waals surface area contributed by atoms with E-state index >= 15 is 0 Å². The second kappa shape index (κ2) is 6.61. The van der Waals surface area contributed by atoms with Crippen LogP contribution in [0.2, 0.25) is 0 Å². The third-order valence-electron chi connectivity index (χ3n) is 3.29. The van der Waals surface area contributed by atoms with Crippen LogP contribution in [0.5, 0.6) is 0 Å². The minimum atomic E-state index is -0.441. The highest BCUT2D eigenvalue weighted by Gasteiger charge is 2.14. The van der Waals surface area contributed by atoms with Crippen LogP contribution in [0.25, 0.3) is 0 Å². The van der Waals surface area contributed by atoms with Crippen LogP contribution in [-0.4, -0.2) is 32.0 Å². The molecule has 2 N–H and O–H groups in total. The van der Waals surface area contributed by atoms with Crippen molar-refractivity contribution in [2.75, 3.05) is 26.2 Å². The topological polar surface area (TPSA) is 41.1 Å². The molecule has 1 saturated heterocycles. The van der Waals surface area contributed by atoms with Gasteiger partial charge in [0.2, 0.25) is 0 Å². The van der Waals surface area contributed by atoms with Crippen LogP contribution in [0.4, 0.5) is 4.39 Å². The SMILES string of the molecule is O=C(CNCC1CCCNC1)c1ccccc1F. The van der Waals surface area contributed by atoms with Gasteiger partial charge >= 0.3 is 0 Å². The molecule has 1 unspecified atom stereocenters. The van der Waals surface area contributed by atoms with Crippen molar-refractivity contribution in [3.63, 3.8) is 0 Å². The Morgan fingerprint density at radius 2 is 2.28 bits per heavy atom. The first kappa shape index (κ1) is 13.2. The van der Waals surface area contributed by atoms with Crippen LogP contribution in [-0.2, 0) is 0 Å². The van der Waals surface area contributed by atoms with Gasteiger partial charge < -0.3 is 10.6 Å². The normalized spacial score (nSPS) is 19.7. The van der Waals surface area contributed by atoms with E-state index in [1.807, 2.05) is 0 Å². The third-order valence-corrected chi connectivity index (χ3v) is 3.29. The van der Waals surface area contributed by atoms with Gasteiger partial charge in [0.05, 0.1) is 12.1 Å². The largest absolute Gasteiger partial charge is 0.316 e. The zero-order chi connectivity index (χ0) is 12.8. The van der Waals surface area contributed by atoms with Crippen molar-refractivity contribution >= 4 is 5.78 Å². The number of Topliss-reactive ketones (excluding diaryl/α,β-unsaturated/α-hetero) is 1. The minimum absolute atomic E-state index is 0.173. The molecule has 3 nitrogen and oxygen atoms in total. The number of nitrogens with one attached hydrogen (secondary N) is 2. The fourth-order valence-corrected chi connectivity index (χ4v) is 2.27. The highest BCUT2D eigenvalue weighted by Crippen LogP contribution is 2.09. The molecule has 1 aliphatic heterocycles. The summed E-state index contributed by atoms with van der Waals surface area (Å²) in [5.74, 6) is -0.0485. The number of carbonyl (C=O) groups excluding carboxylic acids is 1. The van der Waals surface area contributed by atoms with E-state index in [0.29, 0.717) is 5.92 Å². The summed E-state index contributed by atoms with van der Waals surface area (Å²) in [6.07, 6.45) is 2.38. The Bertz CT molecular complexity index is 403. The van der Waals surface area contributed by atoms with E-state index in [-0.39, 0.29) is 17.9 Å². The highest BCUT2D eigenvalue weighted by molar-refractivity contribution is 5.97. The molecule has 1 fully saturated rings. The number of ketones is 1. The fraction of sp³-hybridized carbons (Fsp3) is 0.500. The first-order chi connectivity index (χ1) is 8.77. The average molecular weight is 250 g/mol. The van der Waals surface area contributed by atoms with Crippen molar-refractivity contribution in [3.8, 4) is 0 Å². The van der Waals surface area contributed by atoms with Gasteiger partial charge in [-0.3, -0.25) is 4.79 Å². The van der Waals surface area contributed by atoms with Gasteiger partial charge in [-0.2, -0.15) is 0 Å². The van der Waals surface area contributed by atoms with Gasteiger partial charge in [0.1, 0.15) is 5.82 Å². The van der Waals surface area contributed by atoms with Crippen molar-refractivity contribution in [1.82, 2.24) is 10.6 Å². The maximum absolute atomic E-state index is 13.4. The molecule has 0 amide bonds. The average Bonchev–Trinajstić information content (AvgIpc) is 2.40. The molecule has 18 heavy (non-hydrogen) atoms. The second-order valence-corrected chi connectivity index (χ2v) is 4.75. The van der Waals surface area contributed by atoms with E-state index in [9.17, 15) is 9.18 Å². The van der Waals surface area contributed by atoms with Crippen LogP contribution in [0, 0.1) is 11.7 Å². The molecule has 4 heteroatoms. The standard InChI is InChI=1S/C14H19FN2O/c15-13-6-2-1-5-12(13)14(18)10-17-9-11-4-3-7-16-8-11/h1-2,5-6,11,16-17H,3-4,7-10H2. The molecule has 0 bridgehead atoms. The second-order valence-electron chi connectivity index (χ2n) is 4.75. The van der Waals surface area contributed by atoms with Crippen LogP contribution < -0.4 is 10.6 Å². The zero-order valence-electron chi connectivity index (χ0n) is 10.4. The minimum Gasteiger partial charge on any atom is -0.316 e. The zero-order valence-corrected chi connectivity index (χ0v) is 10.4. The molecule has 1 aliphatic rings. The summed E-state index contributed by atoms with van der Waals surface area (Å²) in [5, 5.41) is 6.45. The Morgan fingerprint density at radius 3 is 3.00 bits per heavy atom. The van der Waals surface area contributed by atoms with E-state index in [1.54, 1.807) is 12.1 Å². The molecule has 0 spiro atoms. The Kier molecular flexibility index (Phi) is 4.84. The lowest BCUT2D eigenvalue weighted by atomic mass is 10.00. The first-order valence-corrected chi connectivity index (χ1v) is 6.46. The Balaban J connectivity index is 1.76. The Labute approximate surface area is 107 Å². The van der Waals surface area contributed by atoms with Gasteiger partial charge in [-0.05, 0) is 50.5 Å². The number of hydrogen-bond donors (Lipinski definition) is 2. The van der Waals surface area contributed by atoms with Crippen LogP contribution in [0.1, 0.15) is 23.2 Å². The molecule has 0 saturated carbocycles. The molecule has 1 aromatic carbocycles. The molecule has 1 atom stereocenters. The summed E-state index contributed by atoms with van der Waals surface area (Å²) >= 11 is 0. The molecule has 98 valence electrons. The smallest absolute Gasteiger partial charge is 0.179 e. The van der Waals surface area contributed by atoms with Gasteiger partial charge in [0.15, 0.2) is 5.78 Å². The van der Waals surface area contributed by atoms with Crippen molar-refractivity contribution < 1.29 is 9.18 Å². The summed E-state index contributed by atoms with van der Waals surface area (Å²) in [6, 6.07) is 6.12. The first-order valence-electron chi connectivity index (χ1n) is 6.46. The monoisotopic (exact) mass is 250 g/mol. The van der Waals surface area contributed by atoms with Crippen molar-refractivity contribution in [2.45, 2.75) is 12.8 Å². The molecule has 2 rings (SSSR count). The van der Waals surface area contributed by atoms with E-state index in [4.69, 9.17) is 0 Å². The summed E-state index contributed by atoms with van der Waals surface area (Å²) in [4.78, 5) is 11.8. The van der Waals surface area contributed by atoms with Crippen molar-refractivity contribution in [3.05, 3.63) is 35.6 Å². The van der Waals surface area contributed by atoms with Crippen molar-refractivity contribution in [2.24, 2.45) is 5.92 Å². The van der Waals surface area contributed by atoms with Crippen LogP contribution in [0.15, 0.2) is 24.3 Å². The molecule has 1 aromatic rings. The van der Waals surface area contributed by atoms with E-state index in [1.165, 1.54) is 25.0 Å². The number of hydrogen-bond acceptors (Lipinski definition) is 3. The van der Waals surface area contributed by atoms with Gasteiger partial charge in [-0.1, -0.05) is 12.1 Å². The molecule has 0 radical (unpaired) electrons. The quantitative estimate of drug-likeness (QED) is 0.780. The predicted octanol–water partition coefficient (Wildman–Crippen LogP) is 1.60. The lowest BCUT2D eigenvalue weighted by Crippen LogP contribution is -2.37. The van der Waals surface area contributed by atoms with Gasteiger partial charge in [0.25, 0.3) is 0 Å². The van der Waals surface area contributed by atoms with Crippen LogP contribution >= 0.6 is 0 Å². The van der Waals surface area contributed by atoms with Crippen LogP contribution in [0.3, 0.4) is 0 Å². The molecule has 0 aliphatic carbocycles. The summed E-state index contributed by atoms with van der Waals surface area (Å²) in [7, 11) is 0. The Hall–Kier alpha value is -1.26. The molecule has 0 aromatic heterocycles. The summed E-state index contributed by atoms with van der Waals surface area (Å²) in [5.41, 5.74) is 0.173. The predicted molar refractivity (Wildman–Crippen MR) is 69.2 cm³/mol. The van der Waals surface area contributed by atoms with E-state index in [0.717, 1.165) is 19.6 Å². The summed E-state index contributed by atoms with van der Waals surface area (Å²) in [6.45, 7) is 3.11. The number of benzene rings is 1. The maximum atomic E-state index is 13.4. The number of piperidine rings is 1. The van der Waals surface area contributed by atoms with Gasteiger partial charge in [0, 0.05) is 0 Å². The van der Waals surface area contributed by atoms with E-state index in [2.05, 4.69) is 10.6 Å². The maximum Gasteiger partial charge on any atom is 0.179 e. The number of rotatable bonds is 5. The van der Waals surface area contributed by atoms with Crippen molar-refractivity contribution in [1.29, 1.82) is 0 Å². The fourth-order valence-electron chi connectivity index (χ4n) is 2.27. The highest BCUT2D eigenvalue weighted by atomic mass is 19.1. The molecule has 1 heterocycles. The Morgan fingerprint density at radius 1 is 1.44 bits per heavy atom. The lowest BCUT2D eigenvalue weighted by molar-refractivity contribution is 0.0985. The number of halogens is 1.